The summed E-state index contributed by atoms with van der Waals surface area (Å²) in [6, 6.07) is 7.13. The van der Waals surface area contributed by atoms with E-state index < -0.39 is 29.5 Å². The largest absolute Gasteiger partial charge is 0.444 e. The average Bonchev–Trinajstić information content (AvgIpc) is 3.24. The van der Waals surface area contributed by atoms with Crippen molar-refractivity contribution in [2.75, 3.05) is 10.6 Å². The Morgan fingerprint density at radius 1 is 1.24 bits per heavy atom. The second kappa shape index (κ2) is 8.38. The molecule has 0 bridgehead atoms. The highest BCUT2D eigenvalue weighted by Crippen LogP contribution is 2.28. The van der Waals surface area contributed by atoms with Crippen molar-refractivity contribution < 1.29 is 23.6 Å². The molecule has 3 rings (SSSR count). The lowest BCUT2D eigenvalue weighted by molar-refractivity contribution is -0.125. The molecule has 1 aliphatic rings. The van der Waals surface area contributed by atoms with Crippen LogP contribution >= 0.6 is 22.9 Å². The van der Waals surface area contributed by atoms with Gasteiger partial charge in [-0.05, 0) is 51.1 Å². The molecule has 0 saturated heterocycles. The minimum absolute atomic E-state index is 0.0806. The van der Waals surface area contributed by atoms with Crippen LogP contribution in [0, 0.1) is 5.82 Å². The van der Waals surface area contributed by atoms with Gasteiger partial charge in [0.2, 0.25) is 6.10 Å². The van der Waals surface area contributed by atoms with Crippen LogP contribution in [0.5, 0.6) is 0 Å². The first kappa shape index (κ1) is 21.1. The van der Waals surface area contributed by atoms with Crippen LogP contribution in [0.2, 0.25) is 4.34 Å². The van der Waals surface area contributed by atoms with Crippen molar-refractivity contribution in [3.8, 4) is 0 Å². The second-order valence-electron chi connectivity index (χ2n) is 7.25. The van der Waals surface area contributed by atoms with Crippen LogP contribution in [0.15, 0.2) is 35.5 Å². The predicted octanol–water partition coefficient (Wildman–Crippen LogP) is 5.02. The van der Waals surface area contributed by atoms with Crippen molar-refractivity contribution in [2.24, 2.45) is 5.16 Å². The lowest BCUT2D eigenvalue weighted by Gasteiger charge is -2.20. The van der Waals surface area contributed by atoms with E-state index >= 15 is 0 Å². The van der Waals surface area contributed by atoms with Crippen LogP contribution in [-0.2, 0) is 14.4 Å². The second-order valence-corrected chi connectivity index (χ2v) is 8.96. The maximum atomic E-state index is 13.7. The van der Waals surface area contributed by atoms with Crippen LogP contribution in [-0.4, -0.2) is 29.4 Å². The van der Waals surface area contributed by atoms with Crippen molar-refractivity contribution in [3.63, 3.8) is 0 Å². The number of anilines is 2. The molecule has 1 aromatic heterocycles. The summed E-state index contributed by atoms with van der Waals surface area (Å²) in [6.45, 7) is 5.15. The Morgan fingerprint density at radius 3 is 2.66 bits per heavy atom. The summed E-state index contributed by atoms with van der Waals surface area (Å²) < 4.78 is 19.5. The van der Waals surface area contributed by atoms with Gasteiger partial charge in [-0.3, -0.25) is 10.1 Å². The van der Waals surface area contributed by atoms with Gasteiger partial charge in [0, 0.05) is 6.42 Å². The molecule has 1 atom stereocenters. The number of ether oxygens (including phenoxy) is 1. The van der Waals surface area contributed by atoms with E-state index in [2.05, 4.69) is 15.8 Å². The molecule has 0 saturated carbocycles. The molecule has 0 aliphatic carbocycles. The van der Waals surface area contributed by atoms with Gasteiger partial charge in [-0.2, -0.15) is 0 Å². The minimum atomic E-state index is -0.886. The zero-order valence-electron chi connectivity index (χ0n) is 15.9. The zero-order valence-corrected chi connectivity index (χ0v) is 17.5. The predicted molar refractivity (Wildman–Crippen MR) is 110 cm³/mol. The van der Waals surface area contributed by atoms with Gasteiger partial charge in [-0.15, -0.1) is 11.3 Å². The molecule has 0 spiro atoms. The molecule has 0 radical (unpaired) electrons. The Balaban J connectivity index is 1.67. The first-order valence-corrected chi connectivity index (χ1v) is 9.89. The lowest BCUT2D eigenvalue weighted by Crippen LogP contribution is -2.30. The monoisotopic (exact) mass is 439 g/mol. The fourth-order valence-corrected chi connectivity index (χ4v) is 3.52. The van der Waals surface area contributed by atoms with Crippen molar-refractivity contribution in [2.45, 2.75) is 38.9 Å². The number of amides is 2. The van der Waals surface area contributed by atoms with Gasteiger partial charge in [0.15, 0.2) is 0 Å². The molecular weight excluding hydrogens is 421 g/mol. The van der Waals surface area contributed by atoms with E-state index in [1.165, 1.54) is 17.4 Å². The smallest absolute Gasteiger partial charge is 0.412 e. The molecule has 0 fully saturated rings. The van der Waals surface area contributed by atoms with Crippen LogP contribution in [0.3, 0.4) is 0 Å². The van der Waals surface area contributed by atoms with E-state index in [4.69, 9.17) is 21.2 Å². The summed E-state index contributed by atoms with van der Waals surface area (Å²) in [7, 11) is 0. The molecule has 29 heavy (non-hydrogen) atoms. The number of benzene rings is 1. The highest BCUT2D eigenvalue weighted by Gasteiger charge is 2.30. The molecule has 1 aliphatic heterocycles. The van der Waals surface area contributed by atoms with Crippen molar-refractivity contribution in [1.82, 2.24) is 0 Å². The molecule has 2 heterocycles. The average molecular weight is 440 g/mol. The standard InChI is InChI=1S/C19H19ClFN3O4S/c1-19(2,3)27-18(26)23-11-5-4-10(21)8-12(11)22-17(25)14-9-13(24-28-14)15-6-7-16(20)29-15/h4-8,14H,9H2,1-3H3,(H,22,25)(H,23,26). The number of carbonyl (C=O) groups excluding carboxylic acids is 2. The third-order valence-corrected chi connectivity index (χ3v) is 4.97. The van der Waals surface area contributed by atoms with Crippen LogP contribution in [0.25, 0.3) is 0 Å². The van der Waals surface area contributed by atoms with E-state index in [1.807, 2.05) is 0 Å². The van der Waals surface area contributed by atoms with Gasteiger partial charge in [0.25, 0.3) is 5.91 Å². The Kier molecular flexibility index (Phi) is 6.09. The number of nitrogens with zero attached hydrogens (tertiary/aromatic N) is 1. The van der Waals surface area contributed by atoms with E-state index in [9.17, 15) is 14.0 Å². The summed E-state index contributed by atoms with van der Waals surface area (Å²) in [5, 5.41) is 9.01. The van der Waals surface area contributed by atoms with Gasteiger partial charge >= 0.3 is 6.09 Å². The fourth-order valence-electron chi connectivity index (χ4n) is 2.49. The van der Waals surface area contributed by atoms with Gasteiger partial charge in [-0.1, -0.05) is 16.8 Å². The zero-order chi connectivity index (χ0) is 21.2. The number of oxime groups is 1. The number of hydrogen-bond acceptors (Lipinski definition) is 6. The molecule has 7 nitrogen and oxygen atoms in total. The van der Waals surface area contributed by atoms with Crippen molar-refractivity contribution >= 4 is 52.0 Å². The fraction of sp³-hybridized carbons (Fsp3) is 0.316. The van der Waals surface area contributed by atoms with Crippen LogP contribution in [0.4, 0.5) is 20.6 Å². The Morgan fingerprint density at radius 2 is 2.00 bits per heavy atom. The summed E-state index contributed by atoms with van der Waals surface area (Å²) >= 11 is 7.25. The van der Waals surface area contributed by atoms with E-state index in [0.717, 1.165) is 17.0 Å². The van der Waals surface area contributed by atoms with Gasteiger partial charge < -0.3 is 14.9 Å². The molecule has 2 N–H and O–H groups in total. The molecule has 1 aromatic carbocycles. The topological polar surface area (TPSA) is 89.0 Å². The Bertz CT molecular complexity index is 971. The van der Waals surface area contributed by atoms with Gasteiger partial charge in [0.05, 0.1) is 20.6 Å². The van der Waals surface area contributed by atoms with Crippen LogP contribution in [0.1, 0.15) is 32.1 Å². The van der Waals surface area contributed by atoms with Crippen molar-refractivity contribution in [3.05, 3.63) is 45.4 Å². The summed E-state index contributed by atoms with van der Waals surface area (Å²) in [6.07, 6.45) is -1.37. The molecule has 10 heteroatoms. The molecular formula is C19H19ClFN3O4S. The minimum Gasteiger partial charge on any atom is -0.444 e. The number of nitrogens with one attached hydrogen (secondary N) is 2. The first-order chi connectivity index (χ1) is 13.6. The number of halogens is 2. The summed E-state index contributed by atoms with van der Waals surface area (Å²) in [4.78, 5) is 30.6. The molecule has 2 amide bonds. The molecule has 2 aromatic rings. The van der Waals surface area contributed by atoms with Crippen molar-refractivity contribution in [1.29, 1.82) is 0 Å². The summed E-state index contributed by atoms with van der Waals surface area (Å²) in [5.74, 6) is -1.10. The quantitative estimate of drug-likeness (QED) is 0.700. The Labute approximate surface area is 175 Å². The maximum Gasteiger partial charge on any atom is 0.412 e. The number of rotatable bonds is 4. The highest BCUT2D eigenvalue weighted by atomic mass is 35.5. The van der Waals surface area contributed by atoms with Crippen LogP contribution < -0.4 is 10.6 Å². The SMILES string of the molecule is CC(C)(C)OC(=O)Nc1ccc(F)cc1NC(=O)C1CC(c2ccc(Cl)s2)=NO1. The number of carbonyl (C=O) groups is 2. The molecule has 154 valence electrons. The van der Waals surface area contributed by atoms with Gasteiger partial charge in [0.1, 0.15) is 17.1 Å². The van der Waals surface area contributed by atoms with E-state index in [1.54, 1.807) is 32.9 Å². The third-order valence-electron chi connectivity index (χ3n) is 3.69. The molecule has 1 unspecified atom stereocenters. The first-order valence-electron chi connectivity index (χ1n) is 8.69. The number of thiophene rings is 1. The van der Waals surface area contributed by atoms with Gasteiger partial charge in [-0.25, -0.2) is 9.18 Å². The van der Waals surface area contributed by atoms with E-state index in [0.29, 0.717) is 10.0 Å². The maximum absolute atomic E-state index is 13.7. The van der Waals surface area contributed by atoms with E-state index in [-0.39, 0.29) is 17.8 Å². The Hall–Kier alpha value is -2.65. The number of hydrogen-bond donors (Lipinski definition) is 2. The third kappa shape index (κ3) is 5.68. The summed E-state index contributed by atoms with van der Waals surface area (Å²) in [5.41, 5.74) is 0.174. The normalized spacial score (nSPS) is 16.0. The lowest BCUT2D eigenvalue weighted by atomic mass is 10.1. The highest BCUT2D eigenvalue weighted by molar-refractivity contribution is 7.18.